The molecule has 1 aromatic heterocycles. The maximum absolute atomic E-state index is 13.6. The number of hydrogen-bond donors (Lipinski definition) is 2. The Bertz CT molecular complexity index is 904. The summed E-state index contributed by atoms with van der Waals surface area (Å²) in [6, 6.07) is 7.62. The predicted octanol–water partition coefficient (Wildman–Crippen LogP) is 1.19. The standard InChI is InChI=1S/C17H19FN4O3S/c18-14-4-2-1-3-12(14)5-8-19-16(23)15-6-9-20-17(22-15)21-13-7-10-26(24,25)11-13/h1-4,6,9,13H,5,7-8,10-11H2,(H,19,23)(H,20,21,22). The van der Waals surface area contributed by atoms with Gasteiger partial charge in [-0.05, 0) is 30.5 Å². The quantitative estimate of drug-likeness (QED) is 0.783. The molecule has 138 valence electrons. The molecule has 2 heterocycles. The largest absolute Gasteiger partial charge is 0.350 e. The molecule has 0 spiro atoms. The molecular formula is C17H19FN4O3S. The first-order valence-electron chi connectivity index (χ1n) is 8.24. The molecule has 1 unspecified atom stereocenters. The molecule has 2 aromatic rings. The van der Waals surface area contributed by atoms with Gasteiger partial charge in [0.15, 0.2) is 9.84 Å². The maximum Gasteiger partial charge on any atom is 0.270 e. The number of sulfone groups is 1. The molecule has 2 N–H and O–H groups in total. The molecule has 1 aliphatic rings. The molecule has 1 aromatic carbocycles. The van der Waals surface area contributed by atoms with Gasteiger partial charge < -0.3 is 10.6 Å². The fourth-order valence-corrected chi connectivity index (χ4v) is 4.42. The molecule has 0 aliphatic carbocycles. The lowest BCUT2D eigenvalue weighted by Gasteiger charge is -2.11. The summed E-state index contributed by atoms with van der Waals surface area (Å²) in [7, 11) is -3.01. The van der Waals surface area contributed by atoms with Crippen LogP contribution in [0.15, 0.2) is 36.5 Å². The molecule has 1 fully saturated rings. The van der Waals surface area contributed by atoms with Gasteiger partial charge in [0.25, 0.3) is 5.91 Å². The van der Waals surface area contributed by atoms with Crippen molar-refractivity contribution < 1.29 is 17.6 Å². The van der Waals surface area contributed by atoms with Crippen molar-refractivity contribution in [2.45, 2.75) is 18.9 Å². The Morgan fingerprint density at radius 3 is 2.81 bits per heavy atom. The summed E-state index contributed by atoms with van der Waals surface area (Å²) >= 11 is 0. The van der Waals surface area contributed by atoms with E-state index in [-0.39, 0.29) is 41.6 Å². The molecule has 7 nitrogen and oxygen atoms in total. The van der Waals surface area contributed by atoms with E-state index in [4.69, 9.17) is 0 Å². The lowest BCUT2D eigenvalue weighted by molar-refractivity contribution is 0.0949. The SMILES string of the molecule is O=C(NCCc1ccccc1F)c1ccnc(NC2CCS(=O)(=O)C2)n1. The molecule has 1 atom stereocenters. The zero-order valence-corrected chi connectivity index (χ0v) is 14.8. The van der Waals surface area contributed by atoms with Crippen LogP contribution in [-0.2, 0) is 16.3 Å². The first-order valence-corrected chi connectivity index (χ1v) is 10.1. The van der Waals surface area contributed by atoms with Crippen LogP contribution in [0.5, 0.6) is 0 Å². The highest BCUT2D eigenvalue weighted by Crippen LogP contribution is 2.15. The molecule has 26 heavy (non-hydrogen) atoms. The number of anilines is 1. The van der Waals surface area contributed by atoms with Crippen LogP contribution in [0.4, 0.5) is 10.3 Å². The monoisotopic (exact) mass is 378 g/mol. The van der Waals surface area contributed by atoms with Crippen LogP contribution in [0, 0.1) is 5.82 Å². The zero-order valence-electron chi connectivity index (χ0n) is 14.0. The Morgan fingerprint density at radius 1 is 1.27 bits per heavy atom. The number of carbonyl (C=O) groups excluding carboxylic acids is 1. The molecule has 1 saturated heterocycles. The summed E-state index contributed by atoms with van der Waals surface area (Å²) in [6.07, 6.45) is 2.30. The molecule has 3 rings (SSSR count). The number of amides is 1. The summed E-state index contributed by atoms with van der Waals surface area (Å²) in [4.78, 5) is 20.3. The number of nitrogens with one attached hydrogen (secondary N) is 2. The van der Waals surface area contributed by atoms with Gasteiger partial charge in [0, 0.05) is 18.8 Å². The molecule has 1 amide bonds. The highest BCUT2D eigenvalue weighted by atomic mass is 32.2. The molecule has 0 saturated carbocycles. The second-order valence-electron chi connectivity index (χ2n) is 6.11. The van der Waals surface area contributed by atoms with E-state index < -0.39 is 15.7 Å². The highest BCUT2D eigenvalue weighted by Gasteiger charge is 2.28. The zero-order chi connectivity index (χ0) is 18.6. The van der Waals surface area contributed by atoms with E-state index in [0.717, 1.165) is 0 Å². The van der Waals surface area contributed by atoms with Gasteiger partial charge in [0.2, 0.25) is 5.95 Å². The number of carbonyl (C=O) groups is 1. The van der Waals surface area contributed by atoms with Crippen molar-refractivity contribution in [3.63, 3.8) is 0 Å². The van der Waals surface area contributed by atoms with Crippen LogP contribution >= 0.6 is 0 Å². The van der Waals surface area contributed by atoms with Gasteiger partial charge in [-0.15, -0.1) is 0 Å². The summed E-state index contributed by atoms with van der Waals surface area (Å²) < 4.78 is 36.5. The van der Waals surface area contributed by atoms with E-state index in [1.165, 1.54) is 18.3 Å². The van der Waals surface area contributed by atoms with Crippen molar-refractivity contribution >= 4 is 21.7 Å². The number of aromatic nitrogens is 2. The summed E-state index contributed by atoms with van der Waals surface area (Å²) in [5, 5.41) is 5.64. The van der Waals surface area contributed by atoms with Gasteiger partial charge in [-0.2, -0.15) is 0 Å². The van der Waals surface area contributed by atoms with Crippen LogP contribution in [0.25, 0.3) is 0 Å². The van der Waals surface area contributed by atoms with Gasteiger partial charge >= 0.3 is 0 Å². The van der Waals surface area contributed by atoms with Crippen LogP contribution in [-0.4, -0.2) is 48.4 Å². The first-order chi connectivity index (χ1) is 12.4. The van der Waals surface area contributed by atoms with Crippen molar-refractivity contribution in [3.05, 3.63) is 53.6 Å². The summed E-state index contributed by atoms with van der Waals surface area (Å²) in [5.41, 5.74) is 0.692. The van der Waals surface area contributed by atoms with Crippen molar-refractivity contribution in [2.24, 2.45) is 0 Å². The van der Waals surface area contributed by atoms with E-state index in [0.29, 0.717) is 18.4 Å². The number of benzene rings is 1. The van der Waals surface area contributed by atoms with Crippen molar-refractivity contribution in [2.75, 3.05) is 23.4 Å². The lowest BCUT2D eigenvalue weighted by Crippen LogP contribution is -2.28. The van der Waals surface area contributed by atoms with Crippen LogP contribution < -0.4 is 10.6 Å². The van der Waals surface area contributed by atoms with E-state index in [9.17, 15) is 17.6 Å². The Kier molecular flexibility index (Phi) is 5.46. The van der Waals surface area contributed by atoms with E-state index >= 15 is 0 Å². The minimum absolute atomic E-state index is 0.0371. The fraction of sp³-hybridized carbons (Fsp3) is 0.353. The second-order valence-corrected chi connectivity index (χ2v) is 8.34. The number of rotatable bonds is 6. The average Bonchev–Trinajstić information content (AvgIpc) is 2.95. The van der Waals surface area contributed by atoms with Gasteiger partial charge in [0.1, 0.15) is 11.5 Å². The summed E-state index contributed by atoms with van der Waals surface area (Å²) in [5.74, 6) is -0.308. The number of nitrogens with zero attached hydrogens (tertiary/aromatic N) is 2. The van der Waals surface area contributed by atoms with E-state index in [2.05, 4.69) is 20.6 Å². The first kappa shape index (κ1) is 18.2. The third kappa shape index (κ3) is 4.75. The second kappa shape index (κ2) is 7.77. The lowest BCUT2D eigenvalue weighted by atomic mass is 10.1. The molecule has 9 heteroatoms. The summed E-state index contributed by atoms with van der Waals surface area (Å²) in [6.45, 7) is 0.271. The molecular weight excluding hydrogens is 359 g/mol. The van der Waals surface area contributed by atoms with E-state index in [1.807, 2.05) is 0 Å². The minimum Gasteiger partial charge on any atom is -0.350 e. The average molecular weight is 378 g/mol. The Morgan fingerprint density at radius 2 is 2.08 bits per heavy atom. The Balaban J connectivity index is 1.55. The normalized spacial score (nSPS) is 18.4. The molecule has 0 bridgehead atoms. The Hall–Kier alpha value is -2.55. The fourth-order valence-electron chi connectivity index (χ4n) is 2.75. The van der Waals surface area contributed by atoms with Crippen molar-refractivity contribution in [1.29, 1.82) is 0 Å². The van der Waals surface area contributed by atoms with Crippen molar-refractivity contribution in [1.82, 2.24) is 15.3 Å². The van der Waals surface area contributed by atoms with Gasteiger partial charge in [-0.1, -0.05) is 18.2 Å². The number of halogens is 1. The maximum atomic E-state index is 13.6. The van der Waals surface area contributed by atoms with Crippen LogP contribution in [0.3, 0.4) is 0 Å². The van der Waals surface area contributed by atoms with Crippen molar-refractivity contribution in [3.8, 4) is 0 Å². The Labute approximate surface area is 151 Å². The molecule has 0 radical (unpaired) electrons. The minimum atomic E-state index is -3.01. The molecule has 1 aliphatic heterocycles. The topological polar surface area (TPSA) is 101 Å². The van der Waals surface area contributed by atoms with Gasteiger partial charge in [-0.25, -0.2) is 22.8 Å². The van der Waals surface area contributed by atoms with Crippen LogP contribution in [0.1, 0.15) is 22.5 Å². The van der Waals surface area contributed by atoms with Gasteiger partial charge in [0.05, 0.1) is 11.5 Å². The smallest absolute Gasteiger partial charge is 0.270 e. The number of hydrogen-bond acceptors (Lipinski definition) is 6. The van der Waals surface area contributed by atoms with E-state index in [1.54, 1.807) is 18.2 Å². The third-order valence-corrected chi connectivity index (χ3v) is 5.86. The van der Waals surface area contributed by atoms with Crippen LogP contribution in [0.2, 0.25) is 0 Å². The third-order valence-electron chi connectivity index (χ3n) is 4.09. The highest BCUT2D eigenvalue weighted by molar-refractivity contribution is 7.91. The van der Waals surface area contributed by atoms with Gasteiger partial charge in [-0.3, -0.25) is 4.79 Å². The predicted molar refractivity (Wildman–Crippen MR) is 95.2 cm³/mol.